The largest absolute Gasteiger partial charge is 0.478 e. The molecule has 2 N–H and O–H groups in total. The number of aromatic carboxylic acids is 1. The van der Waals surface area contributed by atoms with E-state index in [2.05, 4.69) is 5.32 Å². The number of ether oxygens (including phenoxy) is 1. The Morgan fingerprint density at radius 3 is 2.16 bits per heavy atom. The first-order valence-corrected chi connectivity index (χ1v) is 9.82. The lowest BCUT2D eigenvalue weighted by molar-refractivity contribution is -0.137. The summed E-state index contributed by atoms with van der Waals surface area (Å²) < 4.78 is 43.8. The van der Waals surface area contributed by atoms with Crippen molar-refractivity contribution in [3.05, 3.63) is 70.3 Å². The summed E-state index contributed by atoms with van der Waals surface area (Å²) in [7, 11) is 0. The van der Waals surface area contributed by atoms with E-state index in [9.17, 15) is 22.8 Å². The van der Waals surface area contributed by atoms with Gasteiger partial charge in [0.25, 0.3) is 0 Å². The van der Waals surface area contributed by atoms with Crippen molar-refractivity contribution in [3.8, 4) is 0 Å². The molecule has 0 bridgehead atoms. The Morgan fingerprint density at radius 2 is 1.68 bits per heavy atom. The fraction of sp³-hybridized carbons (Fsp3) is 0.391. The lowest BCUT2D eigenvalue weighted by Gasteiger charge is -2.24. The third kappa shape index (κ3) is 6.55. The molecule has 0 aliphatic carbocycles. The van der Waals surface area contributed by atoms with Gasteiger partial charge in [-0.15, -0.1) is 0 Å². The number of rotatable bonds is 8. The molecule has 1 amide bonds. The zero-order chi connectivity index (χ0) is 23.3. The summed E-state index contributed by atoms with van der Waals surface area (Å²) in [6.45, 7) is 7.09. The summed E-state index contributed by atoms with van der Waals surface area (Å²) in [6, 6.07) is 9.09. The molecule has 0 aliphatic heterocycles. The van der Waals surface area contributed by atoms with Gasteiger partial charge in [-0.2, -0.15) is 13.2 Å². The van der Waals surface area contributed by atoms with Crippen LogP contribution in [0.5, 0.6) is 0 Å². The van der Waals surface area contributed by atoms with E-state index >= 15 is 0 Å². The highest BCUT2D eigenvalue weighted by Gasteiger charge is 2.30. The maximum Gasteiger partial charge on any atom is 0.416 e. The lowest BCUT2D eigenvalue weighted by Crippen LogP contribution is -2.40. The number of nitrogens with one attached hydrogen (secondary N) is 1. The van der Waals surface area contributed by atoms with E-state index in [0.717, 1.165) is 17.7 Å². The van der Waals surface area contributed by atoms with Crippen LogP contribution in [0.1, 0.15) is 59.4 Å². The second kappa shape index (κ2) is 9.96. The van der Waals surface area contributed by atoms with Gasteiger partial charge in [0.1, 0.15) is 6.10 Å². The molecule has 2 aromatic rings. The van der Waals surface area contributed by atoms with Gasteiger partial charge in [0.05, 0.1) is 23.8 Å². The van der Waals surface area contributed by atoms with Crippen molar-refractivity contribution in [2.75, 3.05) is 0 Å². The van der Waals surface area contributed by atoms with Gasteiger partial charge in [-0.25, -0.2) is 4.79 Å². The molecule has 0 fully saturated rings. The molecule has 2 aromatic carbocycles. The number of carboxylic acids is 1. The summed E-state index contributed by atoms with van der Waals surface area (Å²) in [5.74, 6) is -1.54. The second-order valence-electron chi connectivity index (χ2n) is 7.78. The van der Waals surface area contributed by atoms with E-state index < -0.39 is 23.8 Å². The smallest absolute Gasteiger partial charge is 0.416 e. The van der Waals surface area contributed by atoms with Crippen LogP contribution >= 0.6 is 0 Å². The standard InChI is InChI=1S/C23H26F3NO4/c1-13(2)20(31-12-16-5-8-18(9-6-16)23(24,25)26)21(28)27-15(4)17-7-10-19(22(29)30)14(3)11-17/h5-11,13,15,20H,12H2,1-4H3,(H,27,28)(H,29,30)/t15-,20+/m0/s1. The highest BCUT2D eigenvalue weighted by Crippen LogP contribution is 2.29. The van der Waals surface area contributed by atoms with E-state index in [1.165, 1.54) is 18.2 Å². The van der Waals surface area contributed by atoms with Crippen molar-refractivity contribution in [3.63, 3.8) is 0 Å². The zero-order valence-electron chi connectivity index (χ0n) is 17.8. The van der Waals surface area contributed by atoms with Crippen molar-refractivity contribution < 1.29 is 32.6 Å². The maximum atomic E-state index is 12.8. The summed E-state index contributed by atoms with van der Waals surface area (Å²) in [5, 5.41) is 12.0. The molecule has 168 valence electrons. The first-order valence-electron chi connectivity index (χ1n) is 9.82. The predicted octanol–water partition coefficient (Wildman–Crippen LogP) is 5.13. The molecule has 0 saturated heterocycles. The molecule has 0 aromatic heterocycles. The molecule has 0 unspecified atom stereocenters. The first-order chi connectivity index (χ1) is 14.4. The Hall–Kier alpha value is -2.87. The second-order valence-corrected chi connectivity index (χ2v) is 7.78. The number of carbonyl (C=O) groups excluding carboxylic acids is 1. The van der Waals surface area contributed by atoms with Crippen molar-refractivity contribution >= 4 is 11.9 Å². The van der Waals surface area contributed by atoms with Crippen LogP contribution in [0.3, 0.4) is 0 Å². The fourth-order valence-corrected chi connectivity index (χ4v) is 3.12. The molecule has 2 atom stereocenters. The molecule has 0 spiro atoms. The van der Waals surface area contributed by atoms with Gasteiger partial charge in [0.15, 0.2) is 0 Å². The quantitative estimate of drug-likeness (QED) is 0.600. The van der Waals surface area contributed by atoms with Gasteiger partial charge in [-0.05, 0) is 54.7 Å². The Bertz CT molecular complexity index is 923. The Kier molecular flexibility index (Phi) is 7.84. The van der Waals surface area contributed by atoms with Gasteiger partial charge in [0, 0.05) is 0 Å². The summed E-state index contributed by atoms with van der Waals surface area (Å²) in [6.07, 6.45) is -5.21. The van der Waals surface area contributed by atoms with Crippen LogP contribution in [0.4, 0.5) is 13.2 Å². The van der Waals surface area contributed by atoms with E-state index in [-0.39, 0.29) is 30.0 Å². The van der Waals surface area contributed by atoms with Gasteiger partial charge in [-0.1, -0.05) is 38.1 Å². The average molecular weight is 437 g/mol. The van der Waals surface area contributed by atoms with Crippen LogP contribution < -0.4 is 5.32 Å². The summed E-state index contributed by atoms with van der Waals surface area (Å²) in [5.41, 5.74) is 1.32. The minimum Gasteiger partial charge on any atom is -0.478 e. The van der Waals surface area contributed by atoms with Crippen molar-refractivity contribution in [2.24, 2.45) is 5.92 Å². The topological polar surface area (TPSA) is 75.6 Å². The van der Waals surface area contributed by atoms with Gasteiger partial charge in [-0.3, -0.25) is 4.79 Å². The molecule has 5 nitrogen and oxygen atoms in total. The molecular weight excluding hydrogens is 411 g/mol. The number of hydrogen-bond donors (Lipinski definition) is 2. The van der Waals surface area contributed by atoms with Crippen molar-refractivity contribution in [1.29, 1.82) is 0 Å². The monoisotopic (exact) mass is 437 g/mol. The third-order valence-corrected chi connectivity index (χ3v) is 4.91. The summed E-state index contributed by atoms with van der Waals surface area (Å²) >= 11 is 0. The van der Waals surface area contributed by atoms with Crippen LogP contribution in [0.15, 0.2) is 42.5 Å². The van der Waals surface area contributed by atoms with E-state index in [0.29, 0.717) is 11.1 Å². The van der Waals surface area contributed by atoms with Crippen LogP contribution in [0.25, 0.3) is 0 Å². The number of carboxylic acid groups (broad SMARTS) is 1. The number of hydrogen-bond acceptors (Lipinski definition) is 3. The normalized spacial score (nSPS) is 13.7. The molecule has 31 heavy (non-hydrogen) atoms. The zero-order valence-corrected chi connectivity index (χ0v) is 17.8. The molecule has 8 heteroatoms. The number of carbonyl (C=O) groups is 2. The van der Waals surface area contributed by atoms with Crippen LogP contribution in [-0.2, 0) is 22.3 Å². The van der Waals surface area contributed by atoms with Gasteiger partial charge < -0.3 is 15.2 Å². The lowest BCUT2D eigenvalue weighted by atomic mass is 10.00. The van der Waals surface area contributed by atoms with Crippen LogP contribution in [-0.4, -0.2) is 23.1 Å². The van der Waals surface area contributed by atoms with Crippen LogP contribution in [0.2, 0.25) is 0 Å². The molecule has 2 rings (SSSR count). The fourth-order valence-electron chi connectivity index (χ4n) is 3.12. The molecule has 0 aliphatic rings. The Labute approximate surface area is 179 Å². The highest BCUT2D eigenvalue weighted by molar-refractivity contribution is 5.89. The average Bonchev–Trinajstić information content (AvgIpc) is 2.67. The van der Waals surface area contributed by atoms with E-state index in [1.54, 1.807) is 26.0 Å². The number of alkyl halides is 3. The highest BCUT2D eigenvalue weighted by atomic mass is 19.4. The maximum absolute atomic E-state index is 12.8. The van der Waals surface area contributed by atoms with Gasteiger partial charge in [0.2, 0.25) is 5.91 Å². The third-order valence-electron chi connectivity index (χ3n) is 4.91. The Balaban J connectivity index is 2.03. The number of aryl methyl sites for hydroxylation is 1. The first kappa shape index (κ1) is 24.4. The number of halogens is 3. The minimum atomic E-state index is -4.41. The van der Waals surface area contributed by atoms with Gasteiger partial charge >= 0.3 is 12.1 Å². The van der Waals surface area contributed by atoms with Crippen molar-refractivity contribution in [1.82, 2.24) is 5.32 Å². The number of amides is 1. The SMILES string of the molecule is Cc1cc([C@H](C)NC(=O)[C@H](OCc2ccc(C(F)(F)F)cc2)C(C)C)ccc1C(=O)O. The van der Waals surface area contributed by atoms with E-state index in [4.69, 9.17) is 9.84 Å². The number of benzene rings is 2. The van der Waals surface area contributed by atoms with Crippen LogP contribution in [0, 0.1) is 12.8 Å². The van der Waals surface area contributed by atoms with Crippen molar-refractivity contribution in [2.45, 2.75) is 52.6 Å². The molecule has 0 saturated carbocycles. The van der Waals surface area contributed by atoms with E-state index in [1.807, 2.05) is 13.8 Å². The summed E-state index contributed by atoms with van der Waals surface area (Å²) in [4.78, 5) is 23.9. The minimum absolute atomic E-state index is 0.00476. The predicted molar refractivity (Wildman–Crippen MR) is 110 cm³/mol. The molecule has 0 radical (unpaired) electrons. The molecular formula is C23H26F3NO4. The Morgan fingerprint density at radius 1 is 1.06 bits per heavy atom. The molecule has 0 heterocycles.